The standard InChI is InChI=1S/2C30H46O2.CH2O3/c2*1-2-3-4-5-6-7-8-9-10-11-12-13-14-15-16-17-30(26-18-22-28(31)23-19-26)27-20-24-29(32)25-21-27;2-1(3)4/h2*18-25,30-32H,2-17H2,1H3;(H2,2,3,4)/p-2. The van der Waals surface area contributed by atoms with Crippen LogP contribution >= 0.6 is 0 Å². The number of phenols is 4. The highest BCUT2D eigenvalue weighted by molar-refractivity contribution is 5.47. The molecule has 4 N–H and O–H groups in total. The highest BCUT2D eigenvalue weighted by Gasteiger charge is 2.16. The number of unbranched alkanes of at least 4 members (excludes halogenated alkanes) is 28. The first-order chi connectivity index (χ1) is 33.1. The molecule has 0 heterocycles. The third-order valence-corrected chi connectivity index (χ3v) is 13.4. The van der Waals surface area contributed by atoms with E-state index in [0.29, 0.717) is 34.8 Å². The molecular formula is C61H92O7-2. The summed E-state index contributed by atoms with van der Waals surface area (Å²) in [6, 6.07) is 30.4. The molecule has 0 aliphatic rings. The van der Waals surface area contributed by atoms with Gasteiger partial charge in [-0.05, 0) is 89.8 Å². The van der Waals surface area contributed by atoms with Crippen LogP contribution in [0.15, 0.2) is 97.1 Å². The third kappa shape index (κ3) is 30.7. The second kappa shape index (κ2) is 40.3. The predicted molar refractivity (Wildman–Crippen MR) is 281 cm³/mol. The number of aromatic hydroxyl groups is 4. The van der Waals surface area contributed by atoms with Gasteiger partial charge in [0.2, 0.25) is 0 Å². The Kier molecular flexibility index (Phi) is 35.2. The van der Waals surface area contributed by atoms with Crippen molar-refractivity contribution in [3.8, 4) is 23.0 Å². The zero-order valence-electron chi connectivity index (χ0n) is 42.5. The Hall–Kier alpha value is -4.65. The van der Waals surface area contributed by atoms with Crippen molar-refractivity contribution < 1.29 is 35.4 Å². The summed E-state index contributed by atoms with van der Waals surface area (Å²) in [5.74, 6) is 1.88. The van der Waals surface area contributed by atoms with E-state index in [4.69, 9.17) is 15.0 Å². The molecule has 0 aromatic heterocycles. The molecule has 0 aliphatic carbocycles. The fourth-order valence-corrected chi connectivity index (χ4v) is 9.32. The van der Waals surface area contributed by atoms with E-state index in [0.717, 1.165) is 12.8 Å². The van der Waals surface area contributed by atoms with E-state index in [1.54, 1.807) is 48.5 Å². The van der Waals surface area contributed by atoms with E-state index < -0.39 is 6.16 Å². The van der Waals surface area contributed by atoms with Crippen LogP contribution < -0.4 is 10.2 Å². The molecule has 0 radical (unpaired) electrons. The van der Waals surface area contributed by atoms with Gasteiger partial charge in [-0.3, -0.25) is 0 Å². The van der Waals surface area contributed by atoms with E-state index >= 15 is 0 Å². The first-order valence-electron chi connectivity index (χ1n) is 27.2. The number of carbonyl (C=O) groups is 1. The van der Waals surface area contributed by atoms with Gasteiger partial charge in [0.25, 0.3) is 0 Å². The summed E-state index contributed by atoms with van der Waals surface area (Å²) in [5, 5.41) is 55.2. The van der Waals surface area contributed by atoms with E-state index in [1.807, 2.05) is 48.5 Å². The monoisotopic (exact) mass is 937 g/mol. The van der Waals surface area contributed by atoms with Gasteiger partial charge in [-0.2, -0.15) is 0 Å². The molecule has 4 aromatic rings. The van der Waals surface area contributed by atoms with Gasteiger partial charge < -0.3 is 35.4 Å². The van der Waals surface area contributed by atoms with Crippen LogP contribution in [0.3, 0.4) is 0 Å². The minimum absolute atomic E-state index is 0.310. The van der Waals surface area contributed by atoms with E-state index in [1.165, 1.54) is 215 Å². The normalized spacial score (nSPS) is 11.0. The van der Waals surface area contributed by atoms with Gasteiger partial charge in [0, 0.05) is 11.8 Å². The number of benzene rings is 4. The van der Waals surface area contributed by atoms with E-state index in [2.05, 4.69) is 13.8 Å². The molecule has 0 atom stereocenters. The second-order valence-electron chi connectivity index (χ2n) is 19.2. The molecule has 0 saturated carbocycles. The topological polar surface area (TPSA) is 144 Å². The highest BCUT2D eigenvalue weighted by atomic mass is 16.6. The van der Waals surface area contributed by atoms with Crippen LogP contribution in [0.4, 0.5) is 4.79 Å². The smallest absolute Gasteiger partial charge is 0.115 e. The molecule has 4 aromatic carbocycles. The van der Waals surface area contributed by atoms with Crippen molar-refractivity contribution in [2.75, 3.05) is 0 Å². The average molecular weight is 937 g/mol. The highest BCUT2D eigenvalue weighted by Crippen LogP contribution is 2.34. The summed E-state index contributed by atoms with van der Waals surface area (Å²) in [5.41, 5.74) is 4.94. The third-order valence-electron chi connectivity index (χ3n) is 13.4. The lowest BCUT2D eigenvalue weighted by atomic mass is 9.86. The Morgan fingerprint density at radius 2 is 0.456 bits per heavy atom. The summed E-state index contributed by atoms with van der Waals surface area (Å²) >= 11 is 0. The summed E-state index contributed by atoms with van der Waals surface area (Å²) in [6.07, 6.45) is 41.4. The van der Waals surface area contributed by atoms with Crippen molar-refractivity contribution in [3.63, 3.8) is 0 Å². The predicted octanol–water partition coefficient (Wildman–Crippen LogP) is 16.5. The quantitative estimate of drug-likeness (QED) is 0.0332. The first-order valence-corrected chi connectivity index (χ1v) is 27.2. The number of carboxylic acid groups (broad SMARTS) is 2. The van der Waals surface area contributed by atoms with Gasteiger partial charge in [0.15, 0.2) is 0 Å². The molecular weight excluding hydrogens is 845 g/mol. The molecule has 0 bridgehead atoms. The van der Waals surface area contributed by atoms with Gasteiger partial charge in [-0.15, -0.1) is 0 Å². The van der Waals surface area contributed by atoms with Crippen LogP contribution in [0, 0.1) is 0 Å². The lowest BCUT2D eigenvalue weighted by molar-refractivity contribution is -0.415. The van der Waals surface area contributed by atoms with Crippen molar-refractivity contribution in [1.29, 1.82) is 0 Å². The van der Waals surface area contributed by atoms with Gasteiger partial charge in [-0.25, -0.2) is 0 Å². The lowest BCUT2D eigenvalue weighted by Crippen LogP contribution is -2.37. The van der Waals surface area contributed by atoms with Crippen LogP contribution in [-0.4, -0.2) is 26.6 Å². The summed E-state index contributed by atoms with van der Waals surface area (Å²) < 4.78 is 0. The van der Waals surface area contributed by atoms with Crippen molar-refractivity contribution >= 4 is 6.16 Å². The molecule has 380 valence electrons. The number of hydrogen-bond acceptors (Lipinski definition) is 7. The molecule has 0 saturated heterocycles. The van der Waals surface area contributed by atoms with Crippen molar-refractivity contribution in [3.05, 3.63) is 119 Å². The Labute approximate surface area is 413 Å². The maximum Gasteiger partial charge on any atom is 0.115 e. The maximum atomic E-state index is 9.63. The molecule has 0 fully saturated rings. The second-order valence-corrected chi connectivity index (χ2v) is 19.2. The fourth-order valence-electron chi connectivity index (χ4n) is 9.32. The molecule has 7 heteroatoms. The molecule has 4 rings (SSSR count). The van der Waals surface area contributed by atoms with Crippen LogP contribution in [-0.2, 0) is 0 Å². The summed E-state index contributed by atoms with van der Waals surface area (Å²) in [4.78, 5) is 8.33. The Bertz CT molecular complexity index is 1520. The minimum Gasteiger partial charge on any atom is -0.652 e. The number of carbonyl (C=O) groups excluding carboxylic acids is 1. The molecule has 0 amide bonds. The summed E-state index contributed by atoms with van der Waals surface area (Å²) in [6.45, 7) is 4.57. The lowest BCUT2D eigenvalue weighted by Gasteiger charge is -2.18. The van der Waals surface area contributed by atoms with E-state index in [-0.39, 0.29) is 0 Å². The Morgan fingerprint density at radius 3 is 0.618 bits per heavy atom. The first kappa shape index (κ1) is 59.5. The van der Waals surface area contributed by atoms with E-state index in [9.17, 15) is 20.4 Å². The van der Waals surface area contributed by atoms with Crippen LogP contribution in [0.5, 0.6) is 23.0 Å². The average Bonchev–Trinajstić information content (AvgIpc) is 3.33. The molecule has 0 aliphatic heterocycles. The van der Waals surface area contributed by atoms with Crippen LogP contribution in [0.25, 0.3) is 0 Å². The van der Waals surface area contributed by atoms with Crippen molar-refractivity contribution in [1.82, 2.24) is 0 Å². The fraction of sp³-hybridized carbons (Fsp3) is 0.590. The maximum absolute atomic E-state index is 9.63. The van der Waals surface area contributed by atoms with Gasteiger partial charge in [0.1, 0.15) is 23.0 Å². The van der Waals surface area contributed by atoms with Crippen molar-refractivity contribution in [2.45, 2.75) is 231 Å². The SMILES string of the molecule is CCCCCCCCCCCCCCCCCC(c1ccc(O)cc1)c1ccc(O)cc1.CCCCCCCCCCCCCCCCCC(c1ccc(O)cc1)c1ccc(O)cc1.O=C([O-])[O-]. The number of rotatable bonds is 36. The van der Waals surface area contributed by atoms with Gasteiger partial charge in [-0.1, -0.05) is 255 Å². The molecule has 68 heavy (non-hydrogen) atoms. The zero-order chi connectivity index (χ0) is 49.3. The number of hydrogen-bond donors (Lipinski definition) is 4. The molecule has 0 spiro atoms. The minimum atomic E-state index is -2.33. The number of phenolic OH excluding ortho intramolecular Hbond substituents is 4. The zero-order valence-corrected chi connectivity index (χ0v) is 42.5. The largest absolute Gasteiger partial charge is 0.652 e. The van der Waals surface area contributed by atoms with Gasteiger partial charge >= 0.3 is 0 Å². The van der Waals surface area contributed by atoms with Crippen molar-refractivity contribution in [2.24, 2.45) is 0 Å². The van der Waals surface area contributed by atoms with Crippen LogP contribution in [0.2, 0.25) is 0 Å². The summed E-state index contributed by atoms with van der Waals surface area (Å²) in [7, 11) is 0. The molecule has 0 unspecified atom stereocenters. The van der Waals surface area contributed by atoms with Crippen LogP contribution in [0.1, 0.15) is 253 Å². The Morgan fingerprint density at radius 1 is 0.309 bits per heavy atom. The Balaban J connectivity index is 0.000000432. The van der Waals surface area contributed by atoms with Gasteiger partial charge in [0.05, 0.1) is 0 Å². The molecule has 7 nitrogen and oxygen atoms in total.